The summed E-state index contributed by atoms with van der Waals surface area (Å²) in [5.41, 5.74) is 0. The Kier molecular flexibility index (Phi) is 3.27. The third-order valence-corrected chi connectivity index (χ3v) is 4.55. The van der Waals surface area contributed by atoms with Gasteiger partial charge in [0, 0.05) is 19.6 Å². The van der Waals surface area contributed by atoms with Crippen LogP contribution in [-0.4, -0.2) is 48.9 Å². The average molecular weight is 244 g/mol. The number of aromatic nitrogens is 2. The molecule has 0 radical (unpaired) electrons. The highest BCUT2D eigenvalue weighted by Crippen LogP contribution is 2.13. The Balaban J connectivity index is 2.06. The van der Waals surface area contributed by atoms with Crippen molar-refractivity contribution in [2.24, 2.45) is 0 Å². The quantitative estimate of drug-likeness (QED) is 0.767. The van der Waals surface area contributed by atoms with E-state index in [9.17, 15) is 8.42 Å². The van der Waals surface area contributed by atoms with Crippen LogP contribution in [0.5, 0.6) is 0 Å². The van der Waals surface area contributed by atoms with Gasteiger partial charge >= 0.3 is 0 Å². The molecule has 0 spiro atoms. The first-order chi connectivity index (χ1) is 7.60. The van der Waals surface area contributed by atoms with Crippen LogP contribution in [0.3, 0.4) is 0 Å². The second-order valence-corrected chi connectivity index (χ2v) is 6.01. The van der Waals surface area contributed by atoms with Gasteiger partial charge in [-0.25, -0.2) is 13.4 Å². The van der Waals surface area contributed by atoms with E-state index in [0.717, 1.165) is 19.4 Å². The molecule has 1 saturated heterocycles. The fourth-order valence-corrected chi connectivity index (χ4v) is 2.98. The first-order valence-electron chi connectivity index (χ1n) is 5.29. The van der Waals surface area contributed by atoms with Gasteiger partial charge in [-0.2, -0.15) is 4.31 Å². The lowest BCUT2D eigenvalue weighted by molar-refractivity contribution is 0.416. The lowest BCUT2D eigenvalue weighted by Gasteiger charge is -2.19. The highest BCUT2D eigenvalue weighted by molar-refractivity contribution is 7.89. The molecular formula is C9H16N4O2S. The van der Waals surface area contributed by atoms with E-state index in [4.69, 9.17) is 0 Å². The number of sulfonamides is 1. The molecular weight excluding hydrogens is 228 g/mol. The van der Waals surface area contributed by atoms with E-state index < -0.39 is 10.0 Å². The normalized spacial score (nSPS) is 21.8. The maximum absolute atomic E-state index is 12.0. The van der Waals surface area contributed by atoms with Crippen LogP contribution >= 0.6 is 0 Å². The Hall–Kier alpha value is -0.920. The fraction of sp³-hybridized carbons (Fsp3) is 0.667. The molecule has 2 heterocycles. The van der Waals surface area contributed by atoms with Gasteiger partial charge in [-0.1, -0.05) is 0 Å². The van der Waals surface area contributed by atoms with Crippen LogP contribution in [0.15, 0.2) is 17.6 Å². The van der Waals surface area contributed by atoms with Gasteiger partial charge in [0.25, 0.3) is 10.0 Å². The molecule has 6 nitrogen and oxygen atoms in total. The second-order valence-electron chi connectivity index (χ2n) is 3.99. The molecule has 1 fully saturated rings. The molecule has 16 heavy (non-hydrogen) atoms. The van der Waals surface area contributed by atoms with Crippen LogP contribution in [0.25, 0.3) is 0 Å². The maximum Gasteiger partial charge on any atom is 0.259 e. The van der Waals surface area contributed by atoms with Gasteiger partial charge in [0.15, 0.2) is 5.03 Å². The van der Waals surface area contributed by atoms with Crippen molar-refractivity contribution in [2.45, 2.75) is 23.9 Å². The number of hydrogen-bond donors (Lipinski definition) is 2. The highest BCUT2D eigenvalue weighted by Gasteiger charge is 2.25. The Labute approximate surface area is 95.1 Å². The Morgan fingerprint density at radius 1 is 1.62 bits per heavy atom. The van der Waals surface area contributed by atoms with Crippen molar-refractivity contribution in [3.8, 4) is 0 Å². The lowest BCUT2D eigenvalue weighted by Crippen LogP contribution is -2.38. The minimum absolute atomic E-state index is 0.146. The van der Waals surface area contributed by atoms with Crippen molar-refractivity contribution in [1.29, 1.82) is 0 Å². The highest BCUT2D eigenvalue weighted by atomic mass is 32.2. The van der Waals surface area contributed by atoms with Crippen molar-refractivity contribution in [1.82, 2.24) is 19.6 Å². The van der Waals surface area contributed by atoms with Gasteiger partial charge in [0.05, 0.1) is 12.5 Å². The van der Waals surface area contributed by atoms with Gasteiger partial charge in [0.2, 0.25) is 0 Å². The standard InChI is InChI=1S/C9H16N4O2S/c1-13(6-8-3-2-4-11-8)16(14,15)9-5-10-7-12-9/h5,7-8,11H,2-4,6H2,1H3,(H,10,12). The Morgan fingerprint density at radius 3 is 3.00 bits per heavy atom. The van der Waals surface area contributed by atoms with Gasteiger partial charge in [-0.15, -0.1) is 0 Å². The van der Waals surface area contributed by atoms with E-state index in [0.29, 0.717) is 6.54 Å². The molecule has 0 aromatic carbocycles. The molecule has 1 atom stereocenters. The molecule has 0 saturated carbocycles. The zero-order chi connectivity index (χ0) is 11.6. The average Bonchev–Trinajstić information content (AvgIpc) is 2.89. The van der Waals surface area contributed by atoms with E-state index in [1.54, 1.807) is 7.05 Å². The van der Waals surface area contributed by atoms with Crippen LogP contribution in [-0.2, 0) is 10.0 Å². The number of H-pyrrole nitrogens is 1. The van der Waals surface area contributed by atoms with Crippen molar-refractivity contribution in [3.05, 3.63) is 12.5 Å². The molecule has 0 aliphatic carbocycles. The molecule has 1 aromatic heterocycles. The zero-order valence-corrected chi connectivity index (χ0v) is 10.00. The van der Waals surface area contributed by atoms with Crippen LogP contribution in [0.2, 0.25) is 0 Å². The number of hydrogen-bond acceptors (Lipinski definition) is 4. The summed E-state index contributed by atoms with van der Waals surface area (Å²) in [6.07, 6.45) is 4.84. The summed E-state index contributed by atoms with van der Waals surface area (Å²) in [5.74, 6) is 0. The summed E-state index contributed by atoms with van der Waals surface area (Å²) >= 11 is 0. The largest absolute Gasteiger partial charge is 0.335 e. The topological polar surface area (TPSA) is 78.1 Å². The van der Waals surface area contributed by atoms with Gasteiger partial charge in [-0.3, -0.25) is 0 Å². The molecule has 7 heteroatoms. The summed E-state index contributed by atoms with van der Waals surface area (Å²) in [6, 6.07) is 0.266. The van der Waals surface area contributed by atoms with E-state index in [1.807, 2.05) is 0 Å². The molecule has 2 rings (SSSR count). The smallest absolute Gasteiger partial charge is 0.259 e. The lowest BCUT2D eigenvalue weighted by atomic mass is 10.2. The SMILES string of the molecule is CN(CC1CCCN1)S(=O)(=O)c1cnc[nH]1. The van der Waals surface area contributed by atoms with Crippen LogP contribution in [0.1, 0.15) is 12.8 Å². The first-order valence-corrected chi connectivity index (χ1v) is 6.73. The number of nitrogens with zero attached hydrogens (tertiary/aromatic N) is 2. The van der Waals surface area contributed by atoms with E-state index in [-0.39, 0.29) is 11.1 Å². The predicted octanol–water partition coefficient (Wildman–Crippen LogP) is -0.218. The van der Waals surface area contributed by atoms with Crippen molar-refractivity contribution >= 4 is 10.0 Å². The molecule has 0 amide bonds. The van der Waals surface area contributed by atoms with Gasteiger partial charge in [-0.05, 0) is 19.4 Å². The van der Waals surface area contributed by atoms with Gasteiger partial charge < -0.3 is 10.3 Å². The summed E-state index contributed by atoms with van der Waals surface area (Å²) in [6.45, 7) is 1.48. The second kappa shape index (κ2) is 4.52. The summed E-state index contributed by atoms with van der Waals surface area (Å²) in [7, 11) is -1.81. The monoisotopic (exact) mass is 244 g/mol. The van der Waals surface area contributed by atoms with E-state index in [1.165, 1.54) is 16.8 Å². The van der Waals surface area contributed by atoms with Crippen molar-refractivity contribution in [2.75, 3.05) is 20.1 Å². The predicted molar refractivity (Wildman–Crippen MR) is 59.4 cm³/mol. The molecule has 90 valence electrons. The number of imidazole rings is 1. The number of aromatic amines is 1. The Morgan fingerprint density at radius 2 is 2.44 bits per heavy atom. The summed E-state index contributed by atoms with van der Waals surface area (Å²) < 4.78 is 25.4. The number of nitrogens with one attached hydrogen (secondary N) is 2. The summed E-state index contributed by atoms with van der Waals surface area (Å²) in [5, 5.41) is 3.42. The minimum atomic E-state index is -3.41. The van der Waals surface area contributed by atoms with Crippen molar-refractivity contribution in [3.63, 3.8) is 0 Å². The molecule has 2 N–H and O–H groups in total. The molecule has 0 bridgehead atoms. The molecule has 1 aliphatic rings. The third-order valence-electron chi connectivity index (χ3n) is 2.80. The van der Waals surface area contributed by atoms with Gasteiger partial charge in [0.1, 0.15) is 0 Å². The molecule has 1 unspecified atom stereocenters. The summed E-state index contributed by atoms with van der Waals surface area (Å²) in [4.78, 5) is 6.35. The zero-order valence-electron chi connectivity index (χ0n) is 9.18. The molecule has 1 aliphatic heterocycles. The van der Waals surface area contributed by atoms with E-state index >= 15 is 0 Å². The number of rotatable bonds is 4. The van der Waals surface area contributed by atoms with Crippen LogP contribution in [0, 0.1) is 0 Å². The Bertz CT molecular complexity index is 422. The first kappa shape index (κ1) is 11.6. The minimum Gasteiger partial charge on any atom is -0.335 e. The van der Waals surface area contributed by atoms with Crippen molar-refractivity contribution < 1.29 is 8.42 Å². The molecule has 1 aromatic rings. The van der Waals surface area contributed by atoms with Crippen LogP contribution in [0.4, 0.5) is 0 Å². The maximum atomic E-state index is 12.0. The third kappa shape index (κ3) is 2.26. The number of likely N-dealkylation sites (N-methyl/N-ethyl adjacent to an activating group) is 1. The van der Waals surface area contributed by atoms with E-state index in [2.05, 4.69) is 15.3 Å². The van der Waals surface area contributed by atoms with Crippen LogP contribution < -0.4 is 5.32 Å². The fourth-order valence-electron chi connectivity index (χ4n) is 1.87.